The number of aryl methyl sites for hydroxylation is 1. The lowest BCUT2D eigenvalue weighted by atomic mass is 10.0. The summed E-state index contributed by atoms with van der Waals surface area (Å²) in [5, 5.41) is 21.6. The molecule has 2 heterocycles. The summed E-state index contributed by atoms with van der Waals surface area (Å²) in [5.41, 5.74) is 6.13. The van der Waals surface area contributed by atoms with Gasteiger partial charge in [0.25, 0.3) is 28.4 Å². The Balaban J connectivity index is 1.16. The largest absolute Gasteiger partial charge is 0.478 e. The van der Waals surface area contributed by atoms with Gasteiger partial charge in [-0.05, 0) is 53.8 Å². The molecule has 0 bridgehead atoms. The highest BCUT2D eigenvalue weighted by molar-refractivity contribution is 5.98. The van der Waals surface area contributed by atoms with Crippen molar-refractivity contribution in [2.45, 2.75) is 32.0 Å². The first-order valence-electron chi connectivity index (χ1n) is 13.4. The Hall–Kier alpha value is -5.99. The number of nitrogens with one attached hydrogen (secondary N) is 3. The molecule has 3 aromatic carbocycles. The SMILES string of the molecule is Nc1c(NCc2cc(CNC(=O)c3cc(C(=O)N[C@H]4CCc5cc(C(=O)O)ccc54)nc4ncnn34)ccc2F)c(=O)c1=O. The second-order valence-electron chi connectivity index (χ2n) is 10.2. The molecular formula is C29H23FN8O6. The van der Waals surface area contributed by atoms with E-state index in [9.17, 15) is 33.5 Å². The molecule has 0 fully saturated rings. The van der Waals surface area contributed by atoms with Crippen LogP contribution in [0.25, 0.3) is 5.78 Å². The van der Waals surface area contributed by atoms with Crippen LogP contribution in [0.2, 0.25) is 0 Å². The van der Waals surface area contributed by atoms with E-state index in [0.29, 0.717) is 18.4 Å². The van der Waals surface area contributed by atoms with E-state index in [2.05, 4.69) is 31.0 Å². The van der Waals surface area contributed by atoms with Crippen molar-refractivity contribution >= 4 is 34.9 Å². The van der Waals surface area contributed by atoms with Gasteiger partial charge in [-0.15, -0.1) is 0 Å². The van der Waals surface area contributed by atoms with Gasteiger partial charge >= 0.3 is 5.97 Å². The molecule has 0 unspecified atom stereocenters. The summed E-state index contributed by atoms with van der Waals surface area (Å²) in [6.07, 6.45) is 2.35. The van der Waals surface area contributed by atoms with Crippen LogP contribution in [-0.2, 0) is 19.5 Å². The van der Waals surface area contributed by atoms with Crippen molar-refractivity contribution in [2.75, 3.05) is 11.1 Å². The van der Waals surface area contributed by atoms with E-state index in [1.165, 1.54) is 41.2 Å². The van der Waals surface area contributed by atoms with Crippen molar-refractivity contribution < 1.29 is 23.9 Å². The molecule has 0 aliphatic heterocycles. The molecule has 14 nitrogen and oxygen atoms in total. The number of amides is 2. The van der Waals surface area contributed by atoms with Crippen LogP contribution in [0.1, 0.15) is 66.1 Å². The minimum absolute atomic E-state index is 0.0184. The van der Waals surface area contributed by atoms with Crippen LogP contribution in [0.3, 0.4) is 0 Å². The lowest BCUT2D eigenvalue weighted by Gasteiger charge is -2.15. The first-order valence-corrected chi connectivity index (χ1v) is 13.4. The smallest absolute Gasteiger partial charge is 0.335 e. The topological polar surface area (TPSA) is 211 Å². The molecule has 2 amide bonds. The number of aromatic carboxylic acids is 1. The summed E-state index contributed by atoms with van der Waals surface area (Å²) >= 11 is 0. The minimum atomic E-state index is -1.03. The van der Waals surface area contributed by atoms with Gasteiger partial charge in [0.1, 0.15) is 34.9 Å². The number of hydrogen-bond donors (Lipinski definition) is 5. The van der Waals surface area contributed by atoms with Crippen LogP contribution in [0.15, 0.2) is 58.4 Å². The average Bonchev–Trinajstić information content (AvgIpc) is 3.67. The number of aromatic nitrogens is 4. The highest BCUT2D eigenvalue weighted by Gasteiger charge is 2.27. The first-order chi connectivity index (χ1) is 21.1. The maximum Gasteiger partial charge on any atom is 0.335 e. The number of halogens is 1. The van der Waals surface area contributed by atoms with E-state index in [-0.39, 0.29) is 58.8 Å². The van der Waals surface area contributed by atoms with Gasteiger partial charge in [0.2, 0.25) is 0 Å². The van der Waals surface area contributed by atoms with Crippen LogP contribution in [-0.4, -0.2) is 42.5 Å². The monoisotopic (exact) mass is 598 g/mol. The van der Waals surface area contributed by atoms with Crippen molar-refractivity contribution in [3.63, 3.8) is 0 Å². The van der Waals surface area contributed by atoms with E-state index in [1.807, 2.05) is 0 Å². The second-order valence-corrected chi connectivity index (χ2v) is 10.2. The molecule has 0 spiro atoms. The molecule has 0 saturated carbocycles. The van der Waals surface area contributed by atoms with Crippen molar-refractivity contribution in [2.24, 2.45) is 0 Å². The fraction of sp³-hybridized carbons (Fsp3) is 0.172. The molecule has 2 aromatic heterocycles. The number of fused-ring (bicyclic) bond motifs is 2. The van der Waals surface area contributed by atoms with Gasteiger partial charge in [-0.1, -0.05) is 12.1 Å². The molecule has 1 aliphatic carbocycles. The number of carbonyl (C=O) groups is 3. The number of nitrogen functional groups attached to an aromatic ring is 1. The molecule has 1 atom stereocenters. The van der Waals surface area contributed by atoms with Crippen molar-refractivity contribution in [3.05, 3.63) is 114 Å². The summed E-state index contributed by atoms with van der Waals surface area (Å²) in [6, 6.07) is 9.84. The third kappa shape index (κ3) is 5.10. The molecule has 222 valence electrons. The molecule has 0 saturated heterocycles. The number of nitrogens with zero attached hydrogens (tertiary/aromatic N) is 4. The number of carboxylic acid groups (broad SMARTS) is 1. The normalized spacial score (nSPS) is 14.0. The van der Waals surface area contributed by atoms with Crippen LogP contribution < -0.4 is 32.5 Å². The number of benzene rings is 2. The van der Waals surface area contributed by atoms with Crippen LogP contribution >= 0.6 is 0 Å². The van der Waals surface area contributed by atoms with Gasteiger partial charge < -0.3 is 26.8 Å². The molecular weight excluding hydrogens is 575 g/mol. The number of nitrogens with two attached hydrogens (primary N) is 1. The molecule has 44 heavy (non-hydrogen) atoms. The van der Waals surface area contributed by atoms with Gasteiger partial charge in [0.05, 0.1) is 11.6 Å². The molecule has 6 rings (SSSR count). The summed E-state index contributed by atoms with van der Waals surface area (Å²) in [7, 11) is 0. The zero-order valence-corrected chi connectivity index (χ0v) is 22.8. The Morgan fingerprint density at radius 1 is 1.05 bits per heavy atom. The Bertz CT molecular complexity index is 2070. The molecule has 5 aromatic rings. The lowest BCUT2D eigenvalue weighted by molar-refractivity contribution is 0.0696. The van der Waals surface area contributed by atoms with E-state index in [4.69, 9.17) is 5.73 Å². The zero-order valence-electron chi connectivity index (χ0n) is 22.8. The van der Waals surface area contributed by atoms with Crippen molar-refractivity contribution in [1.82, 2.24) is 30.2 Å². The van der Waals surface area contributed by atoms with Crippen LogP contribution in [0.5, 0.6) is 0 Å². The van der Waals surface area contributed by atoms with E-state index in [1.54, 1.807) is 12.1 Å². The van der Waals surface area contributed by atoms with Gasteiger partial charge in [-0.2, -0.15) is 14.6 Å². The highest BCUT2D eigenvalue weighted by Crippen LogP contribution is 2.32. The van der Waals surface area contributed by atoms with Crippen molar-refractivity contribution in [3.8, 4) is 0 Å². The number of hydrogen-bond acceptors (Lipinski definition) is 10. The maximum atomic E-state index is 14.4. The van der Waals surface area contributed by atoms with E-state index >= 15 is 0 Å². The molecule has 15 heteroatoms. The fourth-order valence-electron chi connectivity index (χ4n) is 5.14. The van der Waals surface area contributed by atoms with Gasteiger partial charge in [0, 0.05) is 24.7 Å². The Kier molecular flexibility index (Phi) is 7.05. The lowest BCUT2D eigenvalue weighted by Crippen LogP contribution is -2.37. The highest BCUT2D eigenvalue weighted by atomic mass is 19.1. The number of rotatable bonds is 9. The second kappa shape index (κ2) is 11.0. The average molecular weight is 599 g/mol. The maximum absolute atomic E-state index is 14.4. The number of anilines is 2. The number of carbonyl (C=O) groups excluding carboxylic acids is 2. The first kappa shape index (κ1) is 28.1. The molecule has 6 N–H and O–H groups in total. The minimum Gasteiger partial charge on any atom is -0.478 e. The summed E-state index contributed by atoms with van der Waals surface area (Å²) in [5.74, 6) is -2.73. The zero-order chi connectivity index (χ0) is 31.1. The predicted molar refractivity (Wildman–Crippen MR) is 153 cm³/mol. The van der Waals surface area contributed by atoms with Crippen LogP contribution in [0.4, 0.5) is 15.8 Å². The van der Waals surface area contributed by atoms with Gasteiger partial charge in [-0.3, -0.25) is 19.2 Å². The molecule has 1 aliphatic rings. The fourth-order valence-corrected chi connectivity index (χ4v) is 5.14. The third-order valence-electron chi connectivity index (χ3n) is 7.46. The molecule has 0 radical (unpaired) electrons. The quantitative estimate of drug-likeness (QED) is 0.152. The summed E-state index contributed by atoms with van der Waals surface area (Å²) in [6.45, 7) is -0.136. The standard InChI is InChI=1S/C29H23FN8O6/c30-18-5-1-13(7-16(18)11-32-23-22(31)24(39)25(23)40)10-33-27(42)21-9-20(37-29-34-12-35-38(21)29)26(41)36-19-6-3-14-8-15(28(43)44)2-4-17(14)19/h1-2,4-5,7-9,12,19,32H,3,6,10-11,31H2,(H,33,42)(H,36,41)(H,43,44)/t19-/m0/s1. The van der Waals surface area contributed by atoms with Crippen molar-refractivity contribution in [1.29, 1.82) is 0 Å². The summed E-state index contributed by atoms with van der Waals surface area (Å²) in [4.78, 5) is 68.9. The Labute approximate surface area is 246 Å². The number of carboxylic acids is 1. The van der Waals surface area contributed by atoms with E-state index < -0.39 is 34.5 Å². The predicted octanol–water partition coefficient (Wildman–Crippen LogP) is 1.10. The van der Waals surface area contributed by atoms with Gasteiger partial charge in [0.15, 0.2) is 0 Å². The Morgan fingerprint density at radius 3 is 2.64 bits per heavy atom. The summed E-state index contributed by atoms with van der Waals surface area (Å²) < 4.78 is 15.6. The van der Waals surface area contributed by atoms with E-state index in [0.717, 1.165) is 11.1 Å². The van der Waals surface area contributed by atoms with Gasteiger partial charge in [-0.25, -0.2) is 14.2 Å². The van der Waals surface area contributed by atoms with Crippen LogP contribution in [0, 0.1) is 5.82 Å². The third-order valence-corrected chi connectivity index (χ3v) is 7.46. The Morgan fingerprint density at radius 2 is 1.86 bits per heavy atom.